The first-order valence-corrected chi connectivity index (χ1v) is 10.6. The van der Waals surface area contributed by atoms with Gasteiger partial charge in [0.05, 0.1) is 23.9 Å². The topological polar surface area (TPSA) is 71.8 Å². The number of carbonyl (C=O) groups is 3. The number of carbonyl (C=O) groups excluding carboxylic acids is 3. The van der Waals surface area contributed by atoms with Crippen molar-refractivity contribution < 1.29 is 19.1 Å². The van der Waals surface area contributed by atoms with Crippen molar-refractivity contribution in [3.63, 3.8) is 0 Å². The van der Waals surface area contributed by atoms with E-state index in [4.69, 9.17) is 4.74 Å². The third-order valence-corrected chi connectivity index (χ3v) is 5.91. The van der Waals surface area contributed by atoms with Gasteiger partial charge in [0.2, 0.25) is 11.8 Å². The summed E-state index contributed by atoms with van der Waals surface area (Å²) in [5.41, 5.74) is 1.71. The van der Waals surface area contributed by atoms with Crippen LogP contribution in [0.15, 0.2) is 48.8 Å². The first kappa shape index (κ1) is 20.2. The molecule has 158 valence electrons. The minimum atomic E-state index is -0.691. The Kier molecular flexibility index (Phi) is 5.88. The monoisotopic (exact) mass is 409 g/mol. The molecule has 3 heterocycles. The predicted molar refractivity (Wildman–Crippen MR) is 112 cm³/mol. The van der Waals surface area contributed by atoms with E-state index in [9.17, 15) is 14.4 Å². The van der Waals surface area contributed by atoms with E-state index in [1.165, 1.54) is 0 Å². The zero-order valence-electron chi connectivity index (χ0n) is 17.2. The van der Waals surface area contributed by atoms with Crippen LogP contribution < -0.4 is 4.90 Å². The van der Waals surface area contributed by atoms with Gasteiger partial charge in [0, 0.05) is 32.0 Å². The summed E-state index contributed by atoms with van der Waals surface area (Å²) >= 11 is 0. The van der Waals surface area contributed by atoms with Gasteiger partial charge in [0.1, 0.15) is 5.92 Å². The second-order valence-corrected chi connectivity index (χ2v) is 7.79. The molecular formula is C23H27N3O4. The van der Waals surface area contributed by atoms with Gasteiger partial charge in [0.25, 0.3) is 0 Å². The minimum absolute atomic E-state index is 0.169. The Bertz CT molecular complexity index is 924. The molecule has 7 heteroatoms. The minimum Gasteiger partial charge on any atom is -0.466 e. The molecular weight excluding hydrogens is 382 g/mol. The maximum atomic E-state index is 13.2. The first-order valence-electron chi connectivity index (χ1n) is 10.6. The van der Waals surface area contributed by atoms with Crippen molar-refractivity contribution in [3.05, 3.63) is 48.8 Å². The molecule has 7 nitrogen and oxygen atoms in total. The number of anilines is 1. The summed E-state index contributed by atoms with van der Waals surface area (Å²) in [6.07, 6.45) is 5.82. The number of amides is 2. The highest BCUT2D eigenvalue weighted by Crippen LogP contribution is 2.32. The van der Waals surface area contributed by atoms with Gasteiger partial charge in [-0.05, 0) is 50.5 Å². The van der Waals surface area contributed by atoms with Gasteiger partial charge in [-0.2, -0.15) is 0 Å². The zero-order valence-corrected chi connectivity index (χ0v) is 17.2. The number of ether oxygens (including phenoxy) is 1. The molecule has 2 amide bonds. The fraction of sp³-hybridized carbons (Fsp3) is 0.435. The second-order valence-electron chi connectivity index (χ2n) is 7.79. The highest BCUT2D eigenvalue weighted by Gasteiger charge is 2.42. The summed E-state index contributed by atoms with van der Waals surface area (Å²) in [6, 6.07) is 11.6. The number of esters is 1. The quantitative estimate of drug-likeness (QED) is 0.562. The molecule has 4 rings (SSSR count). The van der Waals surface area contributed by atoms with Crippen LogP contribution in [0.3, 0.4) is 0 Å². The number of hydrogen-bond acceptors (Lipinski definition) is 4. The smallest absolute Gasteiger partial charge is 0.310 e. The van der Waals surface area contributed by atoms with E-state index in [-0.39, 0.29) is 23.7 Å². The van der Waals surface area contributed by atoms with Crippen LogP contribution in [0, 0.1) is 11.8 Å². The zero-order chi connectivity index (χ0) is 21.1. The molecule has 2 aliphatic heterocycles. The third-order valence-electron chi connectivity index (χ3n) is 5.91. The molecule has 0 radical (unpaired) electrons. The Hall–Kier alpha value is -3.09. The first-order chi connectivity index (χ1) is 14.6. The van der Waals surface area contributed by atoms with E-state index in [2.05, 4.69) is 0 Å². The molecule has 0 aliphatic carbocycles. The van der Waals surface area contributed by atoms with Crippen LogP contribution in [-0.2, 0) is 19.1 Å². The van der Waals surface area contributed by atoms with Crippen molar-refractivity contribution in [2.24, 2.45) is 11.8 Å². The molecule has 0 N–H and O–H groups in total. The van der Waals surface area contributed by atoms with Crippen molar-refractivity contribution in [2.45, 2.75) is 26.2 Å². The molecule has 2 fully saturated rings. The van der Waals surface area contributed by atoms with E-state index in [1.807, 2.05) is 53.4 Å². The summed E-state index contributed by atoms with van der Waals surface area (Å²) < 4.78 is 7.09. The molecule has 2 saturated heterocycles. The summed E-state index contributed by atoms with van der Waals surface area (Å²) in [6.45, 7) is 3.53. The maximum absolute atomic E-state index is 13.2. The van der Waals surface area contributed by atoms with Crippen LogP contribution in [0.2, 0.25) is 0 Å². The van der Waals surface area contributed by atoms with Crippen LogP contribution in [-0.4, -0.2) is 53.5 Å². The summed E-state index contributed by atoms with van der Waals surface area (Å²) in [5, 5.41) is 0. The Morgan fingerprint density at radius 1 is 1.03 bits per heavy atom. The lowest BCUT2D eigenvalue weighted by molar-refractivity contribution is -0.152. The van der Waals surface area contributed by atoms with Crippen molar-refractivity contribution >= 4 is 23.5 Å². The van der Waals surface area contributed by atoms with Gasteiger partial charge >= 0.3 is 5.97 Å². The van der Waals surface area contributed by atoms with Gasteiger partial charge in [-0.1, -0.05) is 12.1 Å². The fourth-order valence-electron chi connectivity index (χ4n) is 4.40. The largest absolute Gasteiger partial charge is 0.466 e. The molecule has 0 bridgehead atoms. The normalized spacial score (nSPS) is 21.7. The molecule has 1 aromatic heterocycles. The van der Waals surface area contributed by atoms with E-state index >= 15 is 0 Å². The fourth-order valence-corrected chi connectivity index (χ4v) is 4.40. The number of likely N-dealkylation sites (tertiary alicyclic amines) is 1. The standard InChI is InChI=1S/C23H27N3O4/c1-2-30-23(29)17-8-7-14-25(16-17)21(27)18-11-15-26(22(18)28)20-10-4-3-9-19(20)24-12-5-6-13-24/h3-6,9-10,12-13,17-18H,2,7-8,11,14-16H2,1H3/t17-,18+/m1/s1. The van der Waals surface area contributed by atoms with Gasteiger partial charge in [-0.3, -0.25) is 14.4 Å². The average Bonchev–Trinajstić information content (AvgIpc) is 3.43. The lowest BCUT2D eigenvalue weighted by Crippen LogP contribution is -2.46. The van der Waals surface area contributed by atoms with E-state index < -0.39 is 5.92 Å². The molecule has 2 atom stereocenters. The van der Waals surface area contributed by atoms with Crippen LogP contribution in [0.1, 0.15) is 26.2 Å². The lowest BCUT2D eigenvalue weighted by atomic mass is 9.96. The van der Waals surface area contributed by atoms with E-state index in [0.29, 0.717) is 32.7 Å². The third kappa shape index (κ3) is 3.84. The number of rotatable bonds is 5. The van der Waals surface area contributed by atoms with Crippen molar-refractivity contribution in [3.8, 4) is 5.69 Å². The lowest BCUT2D eigenvalue weighted by Gasteiger charge is -2.33. The van der Waals surface area contributed by atoms with Crippen molar-refractivity contribution in [1.82, 2.24) is 9.47 Å². The number of benzene rings is 1. The van der Waals surface area contributed by atoms with Gasteiger partial charge < -0.3 is 19.1 Å². The van der Waals surface area contributed by atoms with Crippen LogP contribution >= 0.6 is 0 Å². The summed E-state index contributed by atoms with van der Waals surface area (Å²) in [4.78, 5) is 41.8. The molecule has 0 spiro atoms. The highest BCUT2D eigenvalue weighted by atomic mass is 16.5. The highest BCUT2D eigenvalue weighted by molar-refractivity contribution is 6.10. The second kappa shape index (κ2) is 8.73. The Labute approximate surface area is 176 Å². The Morgan fingerprint density at radius 3 is 2.50 bits per heavy atom. The number of para-hydroxylation sites is 2. The summed E-state index contributed by atoms with van der Waals surface area (Å²) in [7, 11) is 0. The van der Waals surface area contributed by atoms with Gasteiger partial charge in [-0.15, -0.1) is 0 Å². The molecule has 30 heavy (non-hydrogen) atoms. The molecule has 0 saturated carbocycles. The molecule has 0 unspecified atom stereocenters. The Morgan fingerprint density at radius 2 is 1.77 bits per heavy atom. The molecule has 2 aromatic rings. The van der Waals surface area contributed by atoms with Crippen LogP contribution in [0.4, 0.5) is 5.69 Å². The van der Waals surface area contributed by atoms with Crippen molar-refractivity contribution in [1.29, 1.82) is 0 Å². The molecule has 2 aliphatic rings. The number of aromatic nitrogens is 1. The number of piperidine rings is 1. The average molecular weight is 409 g/mol. The Balaban J connectivity index is 1.49. The predicted octanol–water partition coefficient (Wildman–Crippen LogP) is 2.63. The number of nitrogens with zero attached hydrogens (tertiary/aromatic N) is 3. The van der Waals surface area contributed by atoms with Crippen molar-refractivity contribution in [2.75, 3.05) is 31.1 Å². The van der Waals surface area contributed by atoms with Crippen LogP contribution in [0.5, 0.6) is 0 Å². The maximum Gasteiger partial charge on any atom is 0.310 e. The van der Waals surface area contributed by atoms with Crippen LogP contribution in [0.25, 0.3) is 5.69 Å². The number of hydrogen-bond donors (Lipinski definition) is 0. The van der Waals surface area contributed by atoms with E-state index in [0.717, 1.165) is 24.2 Å². The summed E-state index contributed by atoms with van der Waals surface area (Å²) in [5.74, 6) is -1.59. The van der Waals surface area contributed by atoms with Gasteiger partial charge in [-0.25, -0.2) is 0 Å². The van der Waals surface area contributed by atoms with E-state index in [1.54, 1.807) is 16.7 Å². The van der Waals surface area contributed by atoms with Gasteiger partial charge in [0.15, 0.2) is 0 Å². The SMILES string of the molecule is CCOC(=O)[C@@H]1CCCN(C(=O)[C@@H]2CCN(c3ccccc3-n3cccc3)C2=O)C1. The molecule has 1 aromatic carbocycles.